The van der Waals surface area contributed by atoms with E-state index >= 15 is 0 Å². The molecule has 0 aliphatic rings. The molecule has 0 fully saturated rings. The number of ether oxygens (including phenoxy) is 1. The Morgan fingerprint density at radius 2 is 2.00 bits per heavy atom. The largest absolute Gasteiger partial charge is 0.367 e. The summed E-state index contributed by atoms with van der Waals surface area (Å²) in [5.41, 5.74) is 0. The molecule has 0 spiro atoms. The summed E-state index contributed by atoms with van der Waals surface area (Å²) in [5, 5.41) is 0.229. The molecule has 0 bridgehead atoms. The van der Waals surface area contributed by atoms with Crippen LogP contribution >= 0.6 is 15.9 Å². The minimum atomic E-state index is 0.229. The number of rotatable bonds is 3. The zero-order valence-electron chi connectivity index (χ0n) is 5.65. The fourth-order valence-electron chi connectivity index (χ4n) is 0.352. The summed E-state index contributed by atoms with van der Waals surface area (Å²) in [7, 11) is 0. The van der Waals surface area contributed by atoms with E-state index in [0.717, 1.165) is 6.61 Å². The molecule has 1 atom stereocenters. The summed E-state index contributed by atoms with van der Waals surface area (Å²) in [4.78, 5) is 0. The van der Waals surface area contributed by atoms with Crippen molar-refractivity contribution >= 4 is 15.9 Å². The standard InChI is InChI=1S/C6H13BrO/c1-4-8-6(7)5(2)3/h5-6H,4H2,1-3H3. The Hall–Kier alpha value is 0.440. The van der Waals surface area contributed by atoms with Gasteiger partial charge in [0.15, 0.2) is 0 Å². The zero-order chi connectivity index (χ0) is 6.57. The molecule has 1 nitrogen and oxygen atoms in total. The van der Waals surface area contributed by atoms with Crippen LogP contribution in [-0.2, 0) is 4.74 Å². The van der Waals surface area contributed by atoms with Gasteiger partial charge in [-0.25, -0.2) is 0 Å². The van der Waals surface area contributed by atoms with Gasteiger partial charge in [-0.05, 0) is 12.8 Å². The molecule has 0 N–H and O–H groups in total. The Morgan fingerprint density at radius 1 is 1.50 bits per heavy atom. The number of hydrogen-bond acceptors (Lipinski definition) is 1. The van der Waals surface area contributed by atoms with Crippen molar-refractivity contribution in [3.8, 4) is 0 Å². The van der Waals surface area contributed by atoms with Crippen molar-refractivity contribution in [2.24, 2.45) is 5.92 Å². The van der Waals surface area contributed by atoms with Gasteiger partial charge in [0.1, 0.15) is 5.01 Å². The van der Waals surface area contributed by atoms with Crippen LogP contribution in [0, 0.1) is 5.92 Å². The lowest BCUT2D eigenvalue weighted by molar-refractivity contribution is 0.0994. The molecule has 50 valence electrons. The van der Waals surface area contributed by atoms with Gasteiger partial charge in [0, 0.05) is 6.61 Å². The van der Waals surface area contributed by atoms with Crippen LogP contribution in [0.15, 0.2) is 0 Å². The highest BCUT2D eigenvalue weighted by molar-refractivity contribution is 9.09. The minimum absolute atomic E-state index is 0.229. The van der Waals surface area contributed by atoms with Crippen LogP contribution in [0.2, 0.25) is 0 Å². The van der Waals surface area contributed by atoms with Crippen molar-refractivity contribution < 1.29 is 4.74 Å². The molecule has 0 saturated heterocycles. The first-order chi connectivity index (χ1) is 3.68. The van der Waals surface area contributed by atoms with Gasteiger partial charge in [-0.1, -0.05) is 29.8 Å². The van der Waals surface area contributed by atoms with Crippen molar-refractivity contribution in [3.63, 3.8) is 0 Å². The van der Waals surface area contributed by atoms with Crippen LogP contribution in [0.3, 0.4) is 0 Å². The lowest BCUT2D eigenvalue weighted by Crippen LogP contribution is -2.10. The summed E-state index contributed by atoms with van der Waals surface area (Å²) in [6.45, 7) is 7.02. The first-order valence-electron chi connectivity index (χ1n) is 2.94. The third-order valence-electron chi connectivity index (χ3n) is 0.850. The molecule has 0 rings (SSSR count). The first kappa shape index (κ1) is 8.44. The third kappa shape index (κ3) is 3.44. The first-order valence-corrected chi connectivity index (χ1v) is 3.85. The van der Waals surface area contributed by atoms with Gasteiger partial charge in [-0.2, -0.15) is 0 Å². The second-order valence-corrected chi connectivity index (χ2v) is 2.95. The molecule has 1 unspecified atom stereocenters. The quantitative estimate of drug-likeness (QED) is 0.607. The predicted octanol–water partition coefficient (Wildman–Crippen LogP) is 2.40. The van der Waals surface area contributed by atoms with E-state index in [2.05, 4.69) is 29.8 Å². The predicted molar refractivity (Wildman–Crippen MR) is 39.2 cm³/mol. The van der Waals surface area contributed by atoms with Gasteiger partial charge in [-0.15, -0.1) is 0 Å². The van der Waals surface area contributed by atoms with Crippen LogP contribution in [0.25, 0.3) is 0 Å². The van der Waals surface area contributed by atoms with E-state index < -0.39 is 0 Å². The van der Waals surface area contributed by atoms with E-state index in [1.54, 1.807) is 0 Å². The van der Waals surface area contributed by atoms with Crippen LogP contribution in [0.1, 0.15) is 20.8 Å². The molecule has 0 aromatic rings. The highest BCUT2D eigenvalue weighted by Crippen LogP contribution is 2.12. The van der Waals surface area contributed by atoms with E-state index in [4.69, 9.17) is 4.74 Å². The Balaban J connectivity index is 3.17. The smallest absolute Gasteiger partial charge is 0.114 e. The molecule has 0 amide bonds. The molecule has 2 heteroatoms. The second-order valence-electron chi connectivity index (χ2n) is 2.05. The third-order valence-corrected chi connectivity index (χ3v) is 2.17. The average Bonchev–Trinajstić information content (AvgIpc) is 1.67. The molecule has 0 aliphatic heterocycles. The van der Waals surface area contributed by atoms with Crippen LogP contribution < -0.4 is 0 Å². The monoisotopic (exact) mass is 180 g/mol. The zero-order valence-corrected chi connectivity index (χ0v) is 7.23. The lowest BCUT2D eigenvalue weighted by Gasteiger charge is -2.12. The van der Waals surface area contributed by atoms with E-state index in [9.17, 15) is 0 Å². The molecule has 0 heterocycles. The molecule has 0 aromatic heterocycles. The number of halogens is 1. The second kappa shape index (κ2) is 4.33. The fraction of sp³-hybridized carbons (Fsp3) is 1.00. The maximum Gasteiger partial charge on any atom is 0.114 e. The maximum atomic E-state index is 5.22. The fourth-order valence-corrected chi connectivity index (χ4v) is 0.616. The lowest BCUT2D eigenvalue weighted by atomic mass is 10.2. The van der Waals surface area contributed by atoms with Gasteiger partial charge in [0.25, 0.3) is 0 Å². The van der Waals surface area contributed by atoms with Crippen molar-refractivity contribution in [2.45, 2.75) is 25.8 Å². The van der Waals surface area contributed by atoms with Crippen LogP contribution in [0.5, 0.6) is 0 Å². The molecule has 0 aliphatic carbocycles. The number of hydrogen-bond donors (Lipinski definition) is 0. The molecular formula is C6H13BrO. The van der Waals surface area contributed by atoms with Gasteiger partial charge >= 0.3 is 0 Å². The van der Waals surface area contributed by atoms with E-state index in [1.807, 2.05) is 6.92 Å². The average molecular weight is 181 g/mol. The van der Waals surface area contributed by atoms with Gasteiger partial charge in [-0.3, -0.25) is 0 Å². The summed E-state index contributed by atoms with van der Waals surface area (Å²) in [5.74, 6) is 0.565. The molecular weight excluding hydrogens is 168 g/mol. The Morgan fingerprint density at radius 3 is 2.12 bits per heavy atom. The van der Waals surface area contributed by atoms with E-state index in [1.165, 1.54) is 0 Å². The topological polar surface area (TPSA) is 9.23 Å². The highest BCUT2D eigenvalue weighted by Gasteiger charge is 2.06. The Labute approximate surface area is 59.5 Å². The van der Waals surface area contributed by atoms with Gasteiger partial charge < -0.3 is 4.74 Å². The van der Waals surface area contributed by atoms with Crippen molar-refractivity contribution in [1.29, 1.82) is 0 Å². The molecule has 0 saturated carbocycles. The minimum Gasteiger partial charge on any atom is -0.367 e. The van der Waals surface area contributed by atoms with Crippen molar-refractivity contribution in [1.82, 2.24) is 0 Å². The normalized spacial score (nSPS) is 14.6. The molecule has 0 radical (unpaired) electrons. The highest BCUT2D eigenvalue weighted by atomic mass is 79.9. The Bertz CT molecular complexity index is 54.5. The summed E-state index contributed by atoms with van der Waals surface area (Å²) < 4.78 is 5.22. The van der Waals surface area contributed by atoms with E-state index in [-0.39, 0.29) is 5.01 Å². The van der Waals surface area contributed by atoms with E-state index in [0.29, 0.717) is 5.92 Å². The van der Waals surface area contributed by atoms with Gasteiger partial charge in [0.05, 0.1) is 0 Å². The summed E-state index contributed by atoms with van der Waals surface area (Å²) in [6.07, 6.45) is 0. The van der Waals surface area contributed by atoms with Crippen molar-refractivity contribution in [2.75, 3.05) is 6.61 Å². The summed E-state index contributed by atoms with van der Waals surface area (Å²) in [6, 6.07) is 0. The maximum absolute atomic E-state index is 5.22. The van der Waals surface area contributed by atoms with Crippen molar-refractivity contribution in [3.05, 3.63) is 0 Å². The van der Waals surface area contributed by atoms with Crippen LogP contribution in [-0.4, -0.2) is 11.6 Å². The van der Waals surface area contributed by atoms with Gasteiger partial charge in [0.2, 0.25) is 0 Å². The summed E-state index contributed by atoms with van der Waals surface area (Å²) >= 11 is 3.38. The molecule has 8 heavy (non-hydrogen) atoms. The Kier molecular flexibility index (Phi) is 4.57. The SMILES string of the molecule is CCOC(Br)C(C)C. The van der Waals surface area contributed by atoms with Crippen LogP contribution in [0.4, 0.5) is 0 Å². The molecule has 0 aromatic carbocycles. The number of alkyl halides is 1.